The molecular formula is C25H20N6OS. The third-order valence-corrected chi connectivity index (χ3v) is 5.86. The smallest absolute Gasteiger partial charge is 0.226 e. The van der Waals surface area contributed by atoms with Gasteiger partial charge in [0.15, 0.2) is 0 Å². The van der Waals surface area contributed by atoms with Crippen molar-refractivity contribution in [3.63, 3.8) is 0 Å². The van der Waals surface area contributed by atoms with Gasteiger partial charge in [0.1, 0.15) is 11.4 Å². The topological polar surface area (TPSA) is 90.5 Å². The van der Waals surface area contributed by atoms with Crippen LogP contribution in [0.1, 0.15) is 12.3 Å². The molecule has 0 saturated heterocycles. The third kappa shape index (κ3) is 5.12. The number of pyridine rings is 1. The highest BCUT2D eigenvalue weighted by Crippen LogP contribution is 2.29. The van der Waals surface area contributed by atoms with E-state index in [9.17, 15) is 0 Å². The van der Waals surface area contributed by atoms with Gasteiger partial charge >= 0.3 is 0 Å². The number of hydrogen-bond acceptors (Lipinski definition) is 8. The zero-order valence-corrected chi connectivity index (χ0v) is 18.5. The fourth-order valence-electron chi connectivity index (χ4n) is 3.32. The van der Waals surface area contributed by atoms with E-state index >= 15 is 0 Å². The molecule has 0 radical (unpaired) electrons. The van der Waals surface area contributed by atoms with Gasteiger partial charge < -0.3 is 4.52 Å². The van der Waals surface area contributed by atoms with Crippen molar-refractivity contribution >= 4 is 11.8 Å². The van der Waals surface area contributed by atoms with Crippen LogP contribution >= 0.6 is 11.8 Å². The Morgan fingerprint density at radius 3 is 2.12 bits per heavy atom. The predicted molar refractivity (Wildman–Crippen MR) is 127 cm³/mol. The molecule has 3 heterocycles. The standard InChI is InChI=1S/C25H20N6OS/c1-3-8-18(9-4-1)22-23(19-10-5-2-6-11-19)29-30-25(28-22)33-17-7-12-21-27-24(31-32-21)20-13-15-26-16-14-20/h1-6,8-11,13-16H,7,12,17H2. The largest absolute Gasteiger partial charge is 0.339 e. The second-order valence-electron chi connectivity index (χ2n) is 7.22. The Bertz CT molecular complexity index is 1310. The molecule has 0 amide bonds. The molecule has 0 saturated carbocycles. The van der Waals surface area contributed by atoms with Crippen LogP contribution in [0.25, 0.3) is 33.9 Å². The normalized spacial score (nSPS) is 10.9. The van der Waals surface area contributed by atoms with E-state index in [2.05, 4.69) is 25.3 Å². The van der Waals surface area contributed by atoms with E-state index in [-0.39, 0.29) is 0 Å². The zero-order chi connectivity index (χ0) is 22.3. The number of nitrogens with zero attached hydrogens (tertiary/aromatic N) is 6. The fourth-order valence-corrected chi connectivity index (χ4v) is 4.05. The minimum atomic E-state index is 0.580. The average molecular weight is 453 g/mol. The van der Waals surface area contributed by atoms with E-state index in [4.69, 9.17) is 9.51 Å². The van der Waals surface area contributed by atoms with Crippen LogP contribution in [-0.4, -0.2) is 36.1 Å². The summed E-state index contributed by atoms with van der Waals surface area (Å²) in [7, 11) is 0. The van der Waals surface area contributed by atoms with E-state index in [0.717, 1.165) is 40.3 Å². The molecule has 0 spiro atoms. The molecule has 7 nitrogen and oxygen atoms in total. The van der Waals surface area contributed by atoms with Gasteiger partial charge in [-0.25, -0.2) is 4.98 Å². The lowest BCUT2D eigenvalue weighted by atomic mass is 10.0. The number of rotatable bonds is 8. The van der Waals surface area contributed by atoms with Crippen LogP contribution in [0.2, 0.25) is 0 Å². The second-order valence-corrected chi connectivity index (χ2v) is 8.29. The molecule has 0 unspecified atom stereocenters. The maximum Gasteiger partial charge on any atom is 0.226 e. The molecule has 0 N–H and O–H groups in total. The molecule has 0 aliphatic heterocycles. The summed E-state index contributed by atoms with van der Waals surface area (Å²) in [5.41, 5.74) is 4.51. The van der Waals surface area contributed by atoms with Gasteiger partial charge in [0.05, 0.1) is 0 Å². The number of aryl methyl sites for hydroxylation is 1. The van der Waals surface area contributed by atoms with E-state index < -0.39 is 0 Å². The first kappa shape index (κ1) is 21.0. The Morgan fingerprint density at radius 2 is 1.39 bits per heavy atom. The molecule has 0 aliphatic carbocycles. The molecule has 0 atom stereocenters. The van der Waals surface area contributed by atoms with Crippen molar-refractivity contribution in [3.8, 4) is 33.9 Å². The molecule has 2 aromatic carbocycles. The number of thioether (sulfide) groups is 1. The first-order valence-corrected chi connectivity index (χ1v) is 11.6. The summed E-state index contributed by atoms with van der Waals surface area (Å²) in [5, 5.41) is 13.6. The Morgan fingerprint density at radius 1 is 0.697 bits per heavy atom. The van der Waals surface area contributed by atoms with Crippen LogP contribution in [0.15, 0.2) is 94.9 Å². The highest BCUT2D eigenvalue weighted by Gasteiger charge is 2.14. The lowest BCUT2D eigenvalue weighted by molar-refractivity contribution is 0.378. The SMILES string of the molecule is c1ccc(-c2nnc(SCCCc3nc(-c4ccncc4)no3)nc2-c2ccccc2)cc1. The summed E-state index contributed by atoms with van der Waals surface area (Å²) in [6, 6.07) is 23.8. The van der Waals surface area contributed by atoms with E-state index in [0.29, 0.717) is 23.3 Å². The number of benzene rings is 2. The van der Waals surface area contributed by atoms with Crippen molar-refractivity contribution in [2.45, 2.75) is 18.0 Å². The lowest BCUT2D eigenvalue weighted by Crippen LogP contribution is -2.00. The first-order valence-electron chi connectivity index (χ1n) is 10.6. The summed E-state index contributed by atoms with van der Waals surface area (Å²) in [5.74, 6) is 2.01. The third-order valence-electron chi connectivity index (χ3n) is 4.93. The van der Waals surface area contributed by atoms with Crippen LogP contribution in [0, 0.1) is 0 Å². The monoisotopic (exact) mass is 452 g/mol. The van der Waals surface area contributed by atoms with Crippen LogP contribution in [0.4, 0.5) is 0 Å². The summed E-state index contributed by atoms with van der Waals surface area (Å²) >= 11 is 1.57. The van der Waals surface area contributed by atoms with Crippen molar-refractivity contribution in [2.75, 3.05) is 5.75 Å². The van der Waals surface area contributed by atoms with Crippen molar-refractivity contribution in [1.82, 2.24) is 30.3 Å². The Labute approximate surface area is 195 Å². The maximum atomic E-state index is 5.38. The van der Waals surface area contributed by atoms with E-state index in [1.807, 2.05) is 72.8 Å². The quantitative estimate of drug-likeness (QED) is 0.229. The number of aromatic nitrogens is 6. The Hall–Kier alpha value is -3.91. The molecular weight excluding hydrogens is 432 g/mol. The second kappa shape index (κ2) is 10.1. The van der Waals surface area contributed by atoms with Crippen LogP contribution in [0.5, 0.6) is 0 Å². The van der Waals surface area contributed by atoms with Gasteiger partial charge in [0, 0.05) is 41.3 Å². The van der Waals surface area contributed by atoms with Gasteiger partial charge in [-0.05, 0) is 18.6 Å². The summed E-state index contributed by atoms with van der Waals surface area (Å²) in [4.78, 5) is 13.3. The molecule has 0 aliphatic rings. The Balaban J connectivity index is 1.26. The minimum absolute atomic E-state index is 0.580. The van der Waals surface area contributed by atoms with Gasteiger partial charge in [-0.1, -0.05) is 77.6 Å². The molecule has 33 heavy (non-hydrogen) atoms. The van der Waals surface area contributed by atoms with Gasteiger partial charge in [0.2, 0.25) is 16.9 Å². The highest BCUT2D eigenvalue weighted by molar-refractivity contribution is 7.99. The van der Waals surface area contributed by atoms with Crippen LogP contribution in [0.3, 0.4) is 0 Å². The van der Waals surface area contributed by atoms with Gasteiger partial charge in [0.25, 0.3) is 0 Å². The minimum Gasteiger partial charge on any atom is -0.339 e. The number of hydrogen-bond donors (Lipinski definition) is 0. The van der Waals surface area contributed by atoms with Crippen molar-refractivity contribution in [2.24, 2.45) is 0 Å². The molecule has 3 aromatic heterocycles. The molecule has 5 rings (SSSR count). The first-order chi connectivity index (χ1) is 16.4. The average Bonchev–Trinajstić information content (AvgIpc) is 3.37. The van der Waals surface area contributed by atoms with Crippen molar-refractivity contribution in [1.29, 1.82) is 0 Å². The van der Waals surface area contributed by atoms with Crippen molar-refractivity contribution < 1.29 is 4.52 Å². The fraction of sp³-hybridized carbons (Fsp3) is 0.120. The van der Waals surface area contributed by atoms with Crippen LogP contribution < -0.4 is 0 Å². The van der Waals surface area contributed by atoms with E-state index in [1.54, 1.807) is 24.2 Å². The molecule has 8 heteroatoms. The van der Waals surface area contributed by atoms with Gasteiger partial charge in [-0.15, -0.1) is 10.2 Å². The Kier molecular flexibility index (Phi) is 6.44. The molecule has 0 bridgehead atoms. The highest BCUT2D eigenvalue weighted by atomic mass is 32.2. The summed E-state index contributed by atoms with van der Waals surface area (Å²) in [6.07, 6.45) is 4.96. The van der Waals surface area contributed by atoms with Crippen LogP contribution in [-0.2, 0) is 6.42 Å². The molecule has 5 aromatic rings. The van der Waals surface area contributed by atoms with Gasteiger partial charge in [-0.2, -0.15) is 4.98 Å². The summed E-state index contributed by atoms with van der Waals surface area (Å²) < 4.78 is 5.38. The summed E-state index contributed by atoms with van der Waals surface area (Å²) in [6.45, 7) is 0. The molecule has 162 valence electrons. The molecule has 0 fully saturated rings. The van der Waals surface area contributed by atoms with Crippen molar-refractivity contribution in [3.05, 3.63) is 91.1 Å². The predicted octanol–water partition coefficient (Wildman–Crippen LogP) is 5.38. The van der Waals surface area contributed by atoms with Gasteiger partial charge in [-0.3, -0.25) is 4.98 Å². The lowest BCUT2D eigenvalue weighted by Gasteiger charge is -2.09. The zero-order valence-electron chi connectivity index (χ0n) is 17.7. The van der Waals surface area contributed by atoms with E-state index in [1.165, 1.54) is 0 Å². The maximum absolute atomic E-state index is 5.38.